The fourth-order valence-electron chi connectivity index (χ4n) is 0.974. The molecular weight excluding hydrogens is 255 g/mol. The Hall–Kier alpha value is 0.240. The molecule has 0 rings (SSSR count). The van der Waals surface area contributed by atoms with E-state index < -0.39 is 7.60 Å². The lowest BCUT2D eigenvalue weighted by molar-refractivity contribution is 0.212. The quantitative estimate of drug-likeness (QED) is 0.392. The maximum absolute atomic E-state index is 12.2. The van der Waals surface area contributed by atoms with Crippen LogP contribution >= 0.6 is 19.4 Å². The van der Waals surface area contributed by atoms with E-state index in [1.165, 1.54) is 12.8 Å². The second-order valence-corrected chi connectivity index (χ2v) is 6.62. The van der Waals surface area contributed by atoms with Crippen LogP contribution in [0.1, 0.15) is 46.5 Å². The Balaban J connectivity index is 4.11. The molecule has 0 unspecified atom stereocenters. The van der Waals surface area contributed by atoms with Gasteiger partial charge in [0.1, 0.15) is 0 Å². The number of hydrogen-bond donors (Lipinski definition) is 0. The third-order valence-electron chi connectivity index (χ3n) is 1.91. The van der Waals surface area contributed by atoms with E-state index in [-0.39, 0.29) is 0 Å². The minimum absolute atomic E-state index is 0.477. The Morgan fingerprint density at radius 1 is 1.06 bits per heavy atom. The molecule has 5 heteroatoms. The van der Waals surface area contributed by atoms with Crippen molar-refractivity contribution in [2.24, 2.45) is 0 Å². The summed E-state index contributed by atoms with van der Waals surface area (Å²) in [4.78, 5) is 0. The van der Waals surface area contributed by atoms with Crippen LogP contribution in [0.5, 0.6) is 0 Å². The normalized spacial score (nSPS) is 12.4. The first-order valence-corrected chi connectivity index (χ1v) is 9.02. The Morgan fingerprint density at radius 3 is 2.12 bits per heavy atom. The molecule has 0 fully saturated rings. The lowest BCUT2D eigenvalue weighted by Crippen LogP contribution is -1.95. The third kappa shape index (κ3) is 9.90. The zero-order valence-electron chi connectivity index (χ0n) is 11.2. The van der Waals surface area contributed by atoms with E-state index in [4.69, 9.17) is 9.05 Å². The highest BCUT2D eigenvalue weighted by Crippen LogP contribution is 2.50. The van der Waals surface area contributed by atoms with Crippen LogP contribution in [0.25, 0.3) is 0 Å². The fraction of sp³-hybridized carbons (Fsp3) is 0.833. The van der Waals surface area contributed by atoms with E-state index in [1.807, 2.05) is 19.3 Å². The monoisotopic (exact) mass is 280 g/mol. The zero-order chi connectivity index (χ0) is 13.0. The predicted octanol–water partition coefficient (Wildman–Crippen LogP) is 5.04. The molecule has 102 valence electrons. The summed E-state index contributed by atoms with van der Waals surface area (Å²) in [5.74, 6) is 2.65. The summed E-state index contributed by atoms with van der Waals surface area (Å²) < 4.78 is 22.9. The Labute approximate surface area is 110 Å². The molecule has 0 spiro atoms. The highest BCUT2D eigenvalue weighted by Gasteiger charge is 2.19. The van der Waals surface area contributed by atoms with E-state index in [0.29, 0.717) is 13.2 Å². The SMILES string of the molecule is CCCCS/C=C/P(=O)(OCCC)OCCC. The van der Waals surface area contributed by atoms with Crippen LogP contribution < -0.4 is 0 Å². The molecule has 0 N–H and O–H groups in total. The van der Waals surface area contributed by atoms with E-state index in [9.17, 15) is 4.57 Å². The van der Waals surface area contributed by atoms with E-state index in [1.54, 1.807) is 17.6 Å². The highest BCUT2D eigenvalue weighted by molar-refractivity contribution is 8.02. The Morgan fingerprint density at radius 2 is 1.65 bits per heavy atom. The standard InChI is InChI=1S/C12H25O3PS/c1-4-7-11-17-12-10-16(13,14-8-5-2)15-9-6-3/h10,12H,4-9,11H2,1-3H3/b12-10+. The van der Waals surface area contributed by atoms with Crippen molar-refractivity contribution in [1.82, 2.24) is 0 Å². The van der Waals surface area contributed by atoms with E-state index in [0.717, 1.165) is 18.6 Å². The van der Waals surface area contributed by atoms with Crippen LogP contribution in [0.15, 0.2) is 11.2 Å². The number of rotatable bonds is 11. The van der Waals surface area contributed by atoms with Gasteiger partial charge in [0, 0.05) is 5.82 Å². The van der Waals surface area contributed by atoms with Gasteiger partial charge in [0.2, 0.25) is 0 Å². The lowest BCUT2D eigenvalue weighted by Gasteiger charge is -2.14. The van der Waals surface area contributed by atoms with Gasteiger partial charge in [-0.2, -0.15) is 0 Å². The molecule has 3 nitrogen and oxygen atoms in total. The van der Waals surface area contributed by atoms with Crippen molar-refractivity contribution in [2.45, 2.75) is 46.5 Å². The number of unbranched alkanes of at least 4 members (excludes halogenated alkanes) is 1. The summed E-state index contributed by atoms with van der Waals surface area (Å²) in [6, 6.07) is 0. The molecule has 0 aliphatic heterocycles. The first-order valence-electron chi connectivity index (χ1n) is 6.36. The van der Waals surface area contributed by atoms with Gasteiger partial charge < -0.3 is 9.05 Å². The largest absolute Gasteiger partial charge is 0.354 e. The molecule has 0 amide bonds. The van der Waals surface area contributed by atoms with Gasteiger partial charge in [0.05, 0.1) is 13.2 Å². The van der Waals surface area contributed by atoms with E-state index in [2.05, 4.69) is 6.92 Å². The first kappa shape index (κ1) is 17.2. The topological polar surface area (TPSA) is 35.5 Å². The second-order valence-electron chi connectivity index (χ2n) is 3.72. The molecule has 0 radical (unpaired) electrons. The predicted molar refractivity (Wildman–Crippen MR) is 76.6 cm³/mol. The molecule has 0 atom stereocenters. The fourth-order valence-corrected chi connectivity index (χ4v) is 3.63. The Bertz CT molecular complexity index is 232. The van der Waals surface area contributed by atoms with Gasteiger partial charge in [0.25, 0.3) is 0 Å². The molecule has 0 saturated heterocycles. The maximum atomic E-state index is 12.2. The number of thioether (sulfide) groups is 1. The molecule has 0 aliphatic rings. The van der Waals surface area contributed by atoms with Crippen molar-refractivity contribution in [1.29, 1.82) is 0 Å². The molecule has 17 heavy (non-hydrogen) atoms. The van der Waals surface area contributed by atoms with Gasteiger partial charge in [-0.05, 0) is 30.4 Å². The molecule has 0 aromatic carbocycles. The van der Waals surface area contributed by atoms with Crippen LogP contribution in [0.4, 0.5) is 0 Å². The number of hydrogen-bond acceptors (Lipinski definition) is 4. The zero-order valence-corrected chi connectivity index (χ0v) is 12.9. The van der Waals surface area contributed by atoms with Crippen LogP contribution in [0.2, 0.25) is 0 Å². The molecule has 0 saturated carbocycles. The van der Waals surface area contributed by atoms with Crippen LogP contribution in [0, 0.1) is 0 Å². The lowest BCUT2D eigenvalue weighted by atomic mass is 10.4. The van der Waals surface area contributed by atoms with Gasteiger partial charge in [-0.25, -0.2) is 0 Å². The molecule has 0 aliphatic carbocycles. The van der Waals surface area contributed by atoms with Crippen LogP contribution in [-0.4, -0.2) is 19.0 Å². The summed E-state index contributed by atoms with van der Waals surface area (Å²) in [6.07, 6.45) is 4.04. The molecule has 0 aromatic rings. The average molecular weight is 280 g/mol. The van der Waals surface area contributed by atoms with Crippen molar-refractivity contribution >= 4 is 19.4 Å². The van der Waals surface area contributed by atoms with Crippen molar-refractivity contribution in [3.63, 3.8) is 0 Å². The molecule has 0 bridgehead atoms. The summed E-state index contributed by atoms with van der Waals surface area (Å²) >= 11 is 1.66. The maximum Gasteiger partial charge on any atom is 0.354 e. The van der Waals surface area contributed by atoms with Crippen LogP contribution in [0.3, 0.4) is 0 Å². The van der Waals surface area contributed by atoms with Gasteiger partial charge in [0.15, 0.2) is 0 Å². The van der Waals surface area contributed by atoms with Gasteiger partial charge in [-0.1, -0.05) is 27.2 Å². The minimum atomic E-state index is -3.00. The summed E-state index contributed by atoms with van der Waals surface area (Å²) in [5.41, 5.74) is 0. The highest BCUT2D eigenvalue weighted by atomic mass is 32.2. The summed E-state index contributed by atoms with van der Waals surface area (Å²) in [5, 5.41) is 1.85. The molecule has 0 heterocycles. The third-order valence-corrected chi connectivity index (χ3v) is 4.56. The van der Waals surface area contributed by atoms with Crippen molar-refractivity contribution in [2.75, 3.05) is 19.0 Å². The second kappa shape index (κ2) is 11.3. The van der Waals surface area contributed by atoms with E-state index >= 15 is 0 Å². The average Bonchev–Trinajstić information content (AvgIpc) is 2.34. The van der Waals surface area contributed by atoms with Crippen molar-refractivity contribution in [3.05, 3.63) is 11.2 Å². The minimum Gasteiger partial charge on any atom is -0.306 e. The van der Waals surface area contributed by atoms with Gasteiger partial charge >= 0.3 is 7.60 Å². The van der Waals surface area contributed by atoms with Gasteiger partial charge in [-0.15, -0.1) is 11.8 Å². The summed E-state index contributed by atoms with van der Waals surface area (Å²) in [7, 11) is -3.00. The molecular formula is C12H25O3PS. The first-order chi connectivity index (χ1) is 8.18. The molecule has 0 aromatic heterocycles. The summed E-state index contributed by atoms with van der Waals surface area (Å²) in [6.45, 7) is 7.09. The smallest absolute Gasteiger partial charge is 0.306 e. The van der Waals surface area contributed by atoms with Crippen molar-refractivity contribution in [3.8, 4) is 0 Å². The van der Waals surface area contributed by atoms with Crippen molar-refractivity contribution < 1.29 is 13.6 Å². The Kier molecular flexibility index (Phi) is 11.5. The van der Waals surface area contributed by atoms with Crippen LogP contribution in [-0.2, 0) is 13.6 Å². The van der Waals surface area contributed by atoms with Gasteiger partial charge in [-0.3, -0.25) is 4.57 Å².